The Morgan fingerprint density at radius 2 is 1.83 bits per heavy atom. The fourth-order valence-electron chi connectivity index (χ4n) is 4.01. The SMILES string of the molecule is C/C(=C\c1ccc2c(c1)N(S(=O)(=O)c1cccc(C(F)(F)F)c1)CCO2)c1c(F)cccc1Cl.CCCC(=O)OC. The number of esters is 1. The summed E-state index contributed by atoms with van der Waals surface area (Å²) in [4.78, 5) is 9.71. The number of rotatable bonds is 6. The summed E-state index contributed by atoms with van der Waals surface area (Å²) in [7, 11) is -2.92. The van der Waals surface area contributed by atoms with Crippen LogP contribution in [0.15, 0.2) is 65.6 Å². The summed E-state index contributed by atoms with van der Waals surface area (Å²) in [5.74, 6) is -0.362. The number of ether oxygens (including phenoxy) is 2. The summed E-state index contributed by atoms with van der Waals surface area (Å²) in [6.45, 7) is 3.55. The van der Waals surface area contributed by atoms with E-state index < -0.39 is 32.5 Å². The first-order valence-electron chi connectivity index (χ1n) is 12.5. The Morgan fingerprint density at radius 1 is 1.12 bits per heavy atom. The summed E-state index contributed by atoms with van der Waals surface area (Å²) in [6.07, 6.45) is -1.64. The molecule has 0 atom stereocenters. The van der Waals surface area contributed by atoms with E-state index in [-0.39, 0.29) is 41.1 Å². The monoisotopic (exact) mass is 613 g/mol. The third kappa shape index (κ3) is 7.80. The van der Waals surface area contributed by atoms with Crippen molar-refractivity contribution in [3.8, 4) is 5.75 Å². The molecule has 41 heavy (non-hydrogen) atoms. The zero-order chi connectivity index (χ0) is 30.4. The van der Waals surface area contributed by atoms with Gasteiger partial charge in [-0.25, -0.2) is 12.8 Å². The normalized spacial score (nSPS) is 13.5. The Kier molecular flexibility index (Phi) is 10.4. The Bertz CT molecular complexity index is 1520. The molecule has 0 amide bonds. The predicted octanol–water partition coefficient (Wildman–Crippen LogP) is 7.61. The third-order valence-corrected chi connectivity index (χ3v) is 8.10. The molecule has 4 rings (SSSR count). The van der Waals surface area contributed by atoms with Crippen LogP contribution >= 0.6 is 11.6 Å². The van der Waals surface area contributed by atoms with Crippen LogP contribution in [0.25, 0.3) is 11.6 Å². The largest absolute Gasteiger partial charge is 0.489 e. The van der Waals surface area contributed by atoms with Crippen LogP contribution in [0.2, 0.25) is 5.02 Å². The molecule has 1 heterocycles. The number of carbonyl (C=O) groups is 1. The highest BCUT2D eigenvalue weighted by molar-refractivity contribution is 7.92. The molecule has 3 aromatic carbocycles. The van der Waals surface area contributed by atoms with Crippen molar-refractivity contribution in [2.75, 3.05) is 24.6 Å². The van der Waals surface area contributed by atoms with Crippen molar-refractivity contribution < 1.29 is 40.2 Å². The molecule has 6 nitrogen and oxygen atoms in total. The van der Waals surface area contributed by atoms with Crippen molar-refractivity contribution in [1.29, 1.82) is 0 Å². The Labute approximate surface area is 241 Å². The van der Waals surface area contributed by atoms with Crippen molar-refractivity contribution in [2.45, 2.75) is 37.8 Å². The second-order valence-corrected chi connectivity index (χ2v) is 11.2. The van der Waals surface area contributed by atoms with Crippen molar-refractivity contribution >= 4 is 44.9 Å². The highest BCUT2D eigenvalue weighted by Gasteiger charge is 2.34. The summed E-state index contributed by atoms with van der Waals surface area (Å²) >= 11 is 6.13. The van der Waals surface area contributed by atoms with E-state index in [9.17, 15) is 30.8 Å². The maximum Gasteiger partial charge on any atom is 0.416 e. The molecular weight excluding hydrogens is 586 g/mol. The minimum absolute atomic E-state index is 0.0320. The van der Waals surface area contributed by atoms with Crippen molar-refractivity contribution in [3.05, 3.63) is 88.2 Å². The summed E-state index contributed by atoms with van der Waals surface area (Å²) in [5, 5.41) is 0.226. The molecule has 220 valence electrons. The van der Waals surface area contributed by atoms with Crippen LogP contribution < -0.4 is 9.04 Å². The van der Waals surface area contributed by atoms with Gasteiger partial charge in [-0.1, -0.05) is 42.8 Å². The van der Waals surface area contributed by atoms with Crippen molar-refractivity contribution in [3.63, 3.8) is 0 Å². The molecular formula is C29H28ClF4NO5S. The maximum atomic E-state index is 14.3. The second-order valence-electron chi connectivity index (χ2n) is 8.93. The van der Waals surface area contributed by atoms with Crippen LogP contribution in [0.5, 0.6) is 5.75 Å². The lowest BCUT2D eigenvalue weighted by Crippen LogP contribution is -2.38. The number of alkyl halides is 3. The van der Waals surface area contributed by atoms with Gasteiger partial charge < -0.3 is 9.47 Å². The average Bonchev–Trinajstić information content (AvgIpc) is 2.92. The fraction of sp³-hybridized carbons (Fsp3) is 0.276. The summed E-state index contributed by atoms with van der Waals surface area (Å²) in [5.41, 5.74) is 0.366. The molecule has 0 aliphatic carbocycles. The van der Waals surface area contributed by atoms with E-state index in [0.717, 1.165) is 28.9 Å². The van der Waals surface area contributed by atoms with Crippen LogP contribution in [0.4, 0.5) is 23.2 Å². The van der Waals surface area contributed by atoms with Gasteiger partial charge in [-0.2, -0.15) is 13.2 Å². The van der Waals surface area contributed by atoms with Crippen LogP contribution in [0.1, 0.15) is 43.4 Å². The average molecular weight is 614 g/mol. The maximum absolute atomic E-state index is 14.3. The number of sulfonamides is 1. The van der Waals surface area contributed by atoms with Crippen LogP contribution in [-0.4, -0.2) is 34.6 Å². The zero-order valence-electron chi connectivity index (χ0n) is 22.5. The van der Waals surface area contributed by atoms with E-state index in [0.29, 0.717) is 23.6 Å². The van der Waals surface area contributed by atoms with Gasteiger partial charge in [0.25, 0.3) is 10.0 Å². The van der Waals surface area contributed by atoms with Gasteiger partial charge >= 0.3 is 12.1 Å². The molecule has 0 spiro atoms. The molecule has 0 saturated carbocycles. The van der Waals surface area contributed by atoms with Gasteiger partial charge in [0.1, 0.15) is 18.2 Å². The quantitative estimate of drug-likeness (QED) is 0.163. The number of allylic oxidation sites excluding steroid dienone is 1. The number of anilines is 1. The van der Waals surface area contributed by atoms with E-state index >= 15 is 0 Å². The highest BCUT2D eigenvalue weighted by atomic mass is 35.5. The van der Waals surface area contributed by atoms with Gasteiger partial charge in [-0.15, -0.1) is 0 Å². The summed E-state index contributed by atoms with van der Waals surface area (Å²) in [6, 6.07) is 12.7. The zero-order valence-corrected chi connectivity index (χ0v) is 24.0. The number of benzene rings is 3. The van der Waals surface area contributed by atoms with Crippen molar-refractivity contribution in [1.82, 2.24) is 0 Å². The standard InChI is InChI=1S/C24H18ClF4NO3S.C5H10O2/c1-15(23-19(25)6-3-7-20(23)26)12-16-8-9-22-21(13-16)30(10-11-33-22)34(31,32)18-5-2-4-17(14-18)24(27,28)29;1-3-4-5(6)7-2/h2-9,12-14H,10-11H2,1H3;3-4H2,1-2H3/b15-12+;. The smallest absolute Gasteiger partial charge is 0.416 e. The number of carbonyl (C=O) groups excluding carboxylic acids is 1. The van der Waals surface area contributed by atoms with E-state index in [2.05, 4.69) is 4.74 Å². The topological polar surface area (TPSA) is 72.9 Å². The van der Waals surface area contributed by atoms with Gasteiger partial charge in [0.05, 0.1) is 34.8 Å². The number of fused-ring (bicyclic) bond motifs is 1. The van der Waals surface area contributed by atoms with Crippen LogP contribution in [0, 0.1) is 5.82 Å². The first kappa shape index (κ1) is 32.0. The highest BCUT2D eigenvalue weighted by Crippen LogP contribution is 2.38. The number of halogens is 5. The van der Waals surface area contributed by atoms with Gasteiger partial charge in [0, 0.05) is 12.0 Å². The lowest BCUT2D eigenvalue weighted by atomic mass is 10.0. The number of hydrogen-bond acceptors (Lipinski definition) is 5. The van der Waals surface area contributed by atoms with E-state index in [1.54, 1.807) is 31.2 Å². The molecule has 0 aromatic heterocycles. The first-order chi connectivity index (χ1) is 19.3. The summed E-state index contributed by atoms with van der Waals surface area (Å²) < 4.78 is 91.2. The van der Waals surface area contributed by atoms with Gasteiger partial charge in [-0.3, -0.25) is 9.10 Å². The lowest BCUT2D eigenvalue weighted by Gasteiger charge is -2.31. The van der Waals surface area contributed by atoms with Gasteiger partial charge in [-0.05, 0) is 66.9 Å². The minimum Gasteiger partial charge on any atom is -0.489 e. The number of hydrogen-bond donors (Lipinski definition) is 0. The van der Waals surface area contributed by atoms with E-state index in [1.165, 1.54) is 25.3 Å². The van der Waals surface area contributed by atoms with E-state index in [1.807, 2.05) is 6.92 Å². The van der Waals surface area contributed by atoms with Gasteiger partial charge in [0.2, 0.25) is 0 Å². The van der Waals surface area contributed by atoms with Gasteiger partial charge in [0.15, 0.2) is 0 Å². The first-order valence-corrected chi connectivity index (χ1v) is 14.3. The Morgan fingerprint density at radius 3 is 2.44 bits per heavy atom. The Hall–Kier alpha value is -3.57. The number of methoxy groups -OCH3 is 1. The molecule has 3 aromatic rings. The molecule has 1 aliphatic heterocycles. The van der Waals surface area contributed by atoms with Crippen LogP contribution in [0.3, 0.4) is 0 Å². The molecule has 0 radical (unpaired) electrons. The molecule has 1 aliphatic rings. The molecule has 12 heteroatoms. The van der Waals surface area contributed by atoms with Crippen molar-refractivity contribution in [2.24, 2.45) is 0 Å². The Balaban J connectivity index is 0.000000587. The minimum atomic E-state index is -4.68. The van der Waals surface area contributed by atoms with E-state index in [4.69, 9.17) is 16.3 Å². The lowest BCUT2D eigenvalue weighted by molar-refractivity contribution is -0.140. The van der Waals surface area contributed by atoms with Crippen LogP contribution in [-0.2, 0) is 25.7 Å². The fourth-order valence-corrected chi connectivity index (χ4v) is 5.82. The molecule has 0 unspecified atom stereocenters. The predicted molar refractivity (Wildman–Crippen MR) is 150 cm³/mol. The molecule has 0 fully saturated rings. The number of nitrogens with zero attached hydrogens (tertiary/aromatic N) is 1. The molecule has 0 N–H and O–H groups in total. The third-order valence-electron chi connectivity index (χ3n) is 5.98. The molecule has 0 saturated heterocycles. The second kappa shape index (κ2) is 13.4. The molecule has 0 bridgehead atoms.